The lowest BCUT2D eigenvalue weighted by Crippen LogP contribution is -2.21. The molecule has 5 nitrogen and oxygen atoms in total. The molecule has 0 radical (unpaired) electrons. The van der Waals surface area contributed by atoms with Crippen LogP contribution in [0.5, 0.6) is 0 Å². The van der Waals surface area contributed by atoms with Crippen molar-refractivity contribution in [3.05, 3.63) is 11.3 Å². The Labute approximate surface area is 95.2 Å². The fourth-order valence-corrected chi connectivity index (χ4v) is 2.17. The van der Waals surface area contributed by atoms with Crippen molar-refractivity contribution in [3.63, 3.8) is 0 Å². The van der Waals surface area contributed by atoms with Crippen LogP contribution in [0.25, 0.3) is 0 Å². The van der Waals surface area contributed by atoms with Gasteiger partial charge in [0, 0.05) is 11.5 Å². The summed E-state index contributed by atoms with van der Waals surface area (Å²) in [6.07, 6.45) is 3.40. The molecule has 2 heterocycles. The molecular formula is C11H18N4O. The summed E-state index contributed by atoms with van der Waals surface area (Å²) in [4.78, 5) is 8.23. The average Bonchev–Trinajstić information content (AvgIpc) is 2.25. The number of anilines is 2. The Bertz CT molecular complexity index is 380. The molecule has 0 amide bonds. The maximum atomic E-state index is 5.92. The molecule has 1 aliphatic heterocycles. The SMILES string of the molecule is CCCCC1COCc2nc(N)nc(N)c21. The van der Waals surface area contributed by atoms with Crippen molar-refractivity contribution in [1.29, 1.82) is 0 Å². The van der Waals surface area contributed by atoms with Crippen molar-refractivity contribution in [2.75, 3.05) is 18.1 Å². The summed E-state index contributed by atoms with van der Waals surface area (Å²) in [7, 11) is 0. The number of rotatable bonds is 3. The number of nitrogens with two attached hydrogens (primary N) is 2. The van der Waals surface area contributed by atoms with E-state index in [9.17, 15) is 0 Å². The summed E-state index contributed by atoms with van der Waals surface area (Å²) in [5.74, 6) is 1.08. The van der Waals surface area contributed by atoms with Crippen molar-refractivity contribution >= 4 is 11.8 Å². The number of ether oxygens (including phenoxy) is 1. The Morgan fingerprint density at radius 3 is 2.94 bits per heavy atom. The highest BCUT2D eigenvalue weighted by molar-refractivity contribution is 5.48. The van der Waals surface area contributed by atoms with Crippen LogP contribution in [0.2, 0.25) is 0 Å². The van der Waals surface area contributed by atoms with E-state index >= 15 is 0 Å². The molecule has 1 aromatic heterocycles. The largest absolute Gasteiger partial charge is 0.383 e. The molecule has 1 aromatic rings. The van der Waals surface area contributed by atoms with Crippen LogP contribution in [0.4, 0.5) is 11.8 Å². The second-order valence-electron chi connectivity index (χ2n) is 4.18. The number of hydrogen-bond acceptors (Lipinski definition) is 5. The van der Waals surface area contributed by atoms with Crippen molar-refractivity contribution in [2.24, 2.45) is 0 Å². The third-order valence-electron chi connectivity index (χ3n) is 2.94. The third kappa shape index (κ3) is 2.09. The van der Waals surface area contributed by atoms with Gasteiger partial charge in [0.2, 0.25) is 5.95 Å². The van der Waals surface area contributed by atoms with Crippen molar-refractivity contribution < 1.29 is 4.74 Å². The van der Waals surface area contributed by atoms with Gasteiger partial charge in [0.05, 0.1) is 18.9 Å². The molecule has 88 valence electrons. The molecule has 0 saturated carbocycles. The average molecular weight is 222 g/mol. The molecule has 4 N–H and O–H groups in total. The highest BCUT2D eigenvalue weighted by Gasteiger charge is 2.25. The van der Waals surface area contributed by atoms with Gasteiger partial charge in [-0.05, 0) is 6.42 Å². The van der Waals surface area contributed by atoms with Gasteiger partial charge in [-0.15, -0.1) is 0 Å². The molecule has 2 rings (SSSR count). The molecule has 16 heavy (non-hydrogen) atoms. The molecule has 0 aromatic carbocycles. The predicted molar refractivity (Wildman–Crippen MR) is 62.8 cm³/mol. The maximum absolute atomic E-state index is 5.92. The molecular weight excluding hydrogens is 204 g/mol. The second-order valence-corrected chi connectivity index (χ2v) is 4.18. The molecule has 0 bridgehead atoms. The van der Waals surface area contributed by atoms with Gasteiger partial charge in [-0.25, -0.2) is 4.98 Å². The summed E-state index contributed by atoms with van der Waals surface area (Å²) in [5.41, 5.74) is 13.4. The van der Waals surface area contributed by atoms with Gasteiger partial charge in [0.1, 0.15) is 5.82 Å². The van der Waals surface area contributed by atoms with E-state index in [-0.39, 0.29) is 5.95 Å². The first-order chi connectivity index (χ1) is 7.72. The fraction of sp³-hybridized carbons (Fsp3) is 0.636. The normalized spacial score (nSPS) is 19.4. The molecule has 0 saturated heterocycles. The minimum Gasteiger partial charge on any atom is -0.383 e. The molecule has 5 heteroatoms. The van der Waals surface area contributed by atoms with Gasteiger partial charge in [-0.2, -0.15) is 4.98 Å². The Balaban J connectivity index is 2.30. The van der Waals surface area contributed by atoms with Crippen molar-refractivity contribution in [1.82, 2.24) is 9.97 Å². The number of nitrogens with zero attached hydrogens (tertiary/aromatic N) is 2. The maximum Gasteiger partial charge on any atom is 0.222 e. The highest BCUT2D eigenvalue weighted by Crippen LogP contribution is 2.33. The van der Waals surface area contributed by atoms with E-state index in [0.717, 1.165) is 24.1 Å². The standard InChI is InChI=1S/C11H18N4O/c1-2-3-4-7-5-16-6-8-9(7)10(12)15-11(13)14-8/h7H,2-6H2,1H3,(H4,12,13,14,15). The Morgan fingerprint density at radius 2 is 2.19 bits per heavy atom. The topological polar surface area (TPSA) is 87.0 Å². The van der Waals surface area contributed by atoms with Crippen LogP contribution >= 0.6 is 0 Å². The zero-order chi connectivity index (χ0) is 11.5. The Hall–Kier alpha value is -1.36. The van der Waals surface area contributed by atoms with Crippen LogP contribution in [0.15, 0.2) is 0 Å². The Kier molecular flexibility index (Phi) is 3.24. The summed E-state index contributed by atoms with van der Waals surface area (Å²) >= 11 is 0. The number of fused-ring (bicyclic) bond motifs is 1. The molecule has 0 fully saturated rings. The lowest BCUT2D eigenvalue weighted by molar-refractivity contribution is 0.0852. The zero-order valence-electron chi connectivity index (χ0n) is 9.57. The van der Waals surface area contributed by atoms with Crippen LogP contribution < -0.4 is 11.5 Å². The highest BCUT2D eigenvalue weighted by atomic mass is 16.5. The molecule has 0 aliphatic carbocycles. The summed E-state index contributed by atoms with van der Waals surface area (Å²) in [6, 6.07) is 0. The van der Waals surface area contributed by atoms with E-state index in [0.29, 0.717) is 24.9 Å². The van der Waals surface area contributed by atoms with Crippen LogP contribution in [0, 0.1) is 0 Å². The summed E-state index contributed by atoms with van der Waals surface area (Å²) in [5, 5.41) is 0. The lowest BCUT2D eigenvalue weighted by atomic mass is 9.92. The van der Waals surface area contributed by atoms with E-state index in [2.05, 4.69) is 16.9 Å². The zero-order valence-corrected chi connectivity index (χ0v) is 9.57. The predicted octanol–water partition coefficient (Wildman–Crippen LogP) is 1.44. The first-order valence-corrected chi connectivity index (χ1v) is 5.71. The minimum absolute atomic E-state index is 0.232. The van der Waals surface area contributed by atoms with E-state index in [1.807, 2.05) is 0 Å². The van der Waals surface area contributed by atoms with E-state index < -0.39 is 0 Å². The molecule has 1 atom stereocenters. The number of unbranched alkanes of at least 4 members (excludes halogenated alkanes) is 1. The van der Waals surface area contributed by atoms with Gasteiger partial charge < -0.3 is 16.2 Å². The Morgan fingerprint density at radius 1 is 1.38 bits per heavy atom. The minimum atomic E-state index is 0.232. The number of nitrogen functional groups attached to an aromatic ring is 2. The lowest BCUT2D eigenvalue weighted by Gasteiger charge is -2.25. The quantitative estimate of drug-likeness (QED) is 0.808. The second kappa shape index (κ2) is 4.65. The van der Waals surface area contributed by atoms with Gasteiger partial charge in [-0.3, -0.25) is 0 Å². The first-order valence-electron chi connectivity index (χ1n) is 5.71. The van der Waals surface area contributed by atoms with E-state index in [1.165, 1.54) is 6.42 Å². The first kappa shape index (κ1) is 11.1. The van der Waals surface area contributed by atoms with E-state index in [4.69, 9.17) is 16.2 Å². The van der Waals surface area contributed by atoms with Crippen molar-refractivity contribution in [2.45, 2.75) is 38.7 Å². The van der Waals surface area contributed by atoms with Gasteiger partial charge in [-0.1, -0.05) is 19.8 Å². The van der Waals surface area contributed by atoms with E-state index in [1.54, 1.807) is 0 Å². The van der Waals surface area contributed by atoms with Gasteiger partial charge in [0.15, 0.2) is 0 Å². The number of hydrogen-bond donors (Lipinski definition) is 2. The summed E-state index contributed by atoms with van der Waals surface area (Å²) in [6.45, 7) is 3.38. The van der Waals surface area contributed by atoms with Crippen LogP contribution in [-0.4, -0.2) is 16.6 Å². The smallest absolute Gasteiger partial charge is 0.222 e. The fourth-order valence-electron chi connectivity index (χ4n) is 2.17. The van der Waals surface area contributed by atoms with Gasteiger partial charge >= 0.3 is 0 Å². The third-order valence-corrected chi connectivity index (χ3v) is 2.94. The van der Waals surface area contributed by atoms with Crippen LogP contribution in [0.1, 0.15) is 43.4 Å². The number of aromatic nitrogens is 2. The molecule has 0 spiro atoms. The van der Waals surface area contributed by atoms with Gasteiger partial charge in [0.25, 0.3) is 0 Å². The van der Waals surface area contributed by atoms with Crippen molar-refractivity contribution in [3.8, 4) is 0 Å². The summed E-state index contributed by atoms with van der Waals surface area (Å²) < 4.78 is 5.51. The molecule has 1 unspecified atom stereocenters. The molecule has 1 aliphatic rings. The van der Waals surface area contributed by atoms with Crippen LogP contribution in [-0.2, 0) is 11.3 Å². The van der Waals surface area contributed by atoms with Crippen LogP contribution in [0.3, 0.4) is 0 Å². The monoisotopic (exact) mass is 222 g/mol.